The van der Waals surface area contributed by atoms with E-state index in [1.165, 1.54) is 22.3 Å². The molecule has 0 saturated carbocycles. The largest absolute Gasteiger partial charge is 0.255 e. The molecular weight excluding hydrogens is 438 g/mol. The van der Waals surface area contributed by atoms with Gasteiger partial charge in [0.05, 0.1) is 22.8 Å². The van der Waals surface area contributed by atoms with E-state index in [0.717, 1.165) is 28.3 Å². The topological polar surface area (TPSA) is 38.7 Å². The van der Waals surface area contributed by atoms with E-state index in [2.05, 4.69) is 96.5 Å². The third-order valence-electron chi connectivity index (χ3n) is 6.50. The molecule has 3 heterocycles. The number of hydrogen-bond donors (Lipinski definition) is 0. The van der Waals surface area contributed by atoms with Crippen LogP contribution in [0.25, 0.3) is 33.9 Å². The van der Waals surface area contributed by atoms with Crippen LogP contribution in [0.1, 0.15) is 79.0 Å². The van der Waals surface area contributed by atoms with Gasteiger partial charge in [-0.25, -0.2) is 4.98 Å². The van der Waals surface area contributed by atoms with Gasteiger partial charge in [0.25, 0.3) is 0 Å². The Morgan fingerprint density at radius 1 is 0.500 bits per heavy atom. The van der Waals surface area contributed by atoms with Crippen molar-refractivity contribution in [3.63, 3.8) is 0 Å². The second-order valence-corrected chi connectivity index (χ2v) is 12.7. The summed E-state index contributed by atoms with van der Waals surface area (Å²) in [5.41, 5.74) is 10.0. The highest BCUT2D eigenvalue weighted by Gasteiger charge is 2.34. The van der Waals surface area contributed by atoms with E-state index in [0.29, 0.717) is 0 Å². The van der Waals surface area contributed by atoms with Gasteiger partial charge in [-0.05, 0) is 80.5 Å². The summed E-state index contributed by atoms with van der Waals surface area (Å²) in [7, 11) is 0. The van der Waals surface area contributed by atoms with Crippen LogP contribution in [-0.4, -0.2) is 15.0 Å². The van der Waals surface area contributed by atoms with Crippen LogP contribution < -0.4 is 0 Å². The normalized spacial score (nSPS) is 12.6. The molecule has 3 aromatic heterocycles. The van der Waals surface area contributed by atoms with Gasteiger partial charge in [-0.2, -0.15) is 0 Å². The molecule has 0 amide bonds. The molecule has 0 saturated heterocycles. The summed E-state index contributed by atoms with van der Waals surface area (Å²) in [5, 5.41) is 0. The number of benzene rings is 1. The Hall–Kier alpha value is -3.33. The van der Waals surface area contributed by atoms with Crippen LogP contribution in [0, 0.1) is 0 Å². The number of nitrogens with zero attached hydrogens (tertiary/aromatic N) is 3. The van der Waals surface area contributed by atoms with Gasteiger partial charge in [0.15, 0.2) is 0 Å². The highest BCUT2D eigenvalue weighted by Crippen LogP contribution is 2.46. The Kier molecular flexibility index (Phi) is 6.64. The second kappa shape index (κ2) is 9.28. The summed E-state index contributed by atoms with van der Waals surface area (Å²) in [6, 6.07) is 20.9. The molecule has 0 N–H and O–H groups in total. The van der Waals surface area contributed by atoms with Crippen LogP contribution in [0.4, 0.5) is 0 Å². The first-order valence-electron chi connectivity index (χ1n) is 12.8. The van der Waals surface area contributed by atoms with Crippen molar-refractivity contribution in [3.8, 4) is 33.9 Å². The van der Waals surface area contributed by atoms with E-state index < -0.39 is 0 Å². The van der Waals surface area contributed by atoms with Crippen LogP contribution in [0.2, 0.25) is 0 Å². The minimum absolute atomic E-state index is 0.0120. The Morgan fingerprint density at radius 3 is 1.39 bits per heavy atom. The van der Waals surface area contributed by atoms with Crippen molar-refractivity contribution >= 4 is 0 Å². The summed E-state index contributed by atoms with van der Waals surface area (Å²) in [4.78, 5) is 14.2. The molecule has 3 heteroatoms. The van der Waals surface area contributed by atoms with Crippen molar-refractivity contribution in [2.75, 3.05) is 0 Å². The molecule has 1 aromatic carbocycles. The van der Waals surface area contributed by atoms with Gasteiger partial charge in [0.1, 0.15) is 0 Å². The molecule has 0 aliphatic rings. The fourth-order valence-electron chi connectivity index (χ4n) is 5.00. The SMILES string of the molecule is CC(C)(C)c1ccc(-c2cc(-c3ccccn3)nc(-c3ccccn3)c2)c(C(C)(C)C)c1C(C)(C)C. The smallest absolute Gasteiger partial charge is 0.0900 e. The predicted octanol–water partition coefficient (Wildman–Crippen LogP) is 8.77. The second-order valence-electron chi connectivity index (χ2n) is 12.7. The molecule has 3 nitrogen and oxygen atoms in total. The van der Waals surface area contributed by atoms with E-state index in [1.54, 1.807) is 0 Å². The van der Waals surface area contributed by atoms with Gasteiger partial charge < -0.3 is 0 Å². The summed E-state index contributed by atoms with van der Waals surface area (Å²) >= 11 is 0. The van der Waals surface area contributed by atoms with E-state index in [1.807, 2.05) is 48.8 Å². The van der Waals surface area contributed by atoms with Gasteiger partial charge in [-0.3, -0.25) is 9.97 Å². The molecule has 0 fully saturated rings. The monoisotopic (exact) mass is 477 g/mol. The number of pyridine rings is 3. The summed E-state index contributed by atoms with van der Waals surface area (Å²) in [6.45, 7) is 20.9. The van der Waals surface area contributed by atoms with Gasteiger partial charge >= 0.3 is 0 Å². The molecule has 0 bridgehead atoms. The Labute approximate surface area is 217 Å². The highest BCUT2D eigenvalue weighted by atomic mass is 14.8. The zero-order valence-corrected chi connectivity index (χ0v) is 23.3. The van der Waals surface area contributed by atoms with Crippen LogP contribution >= 0.6 is 0 Å². The van der Waals surface area contributed by atoms with Crippen molar-refractivity contribution in [3.05, 3.63) is 89.7 Å². The Balaban J connectivity index is 2.10. The van der Waals surface area contributed by atoms with Crippen molar-refractivity contribution in [2.45, 2.75) is 78.6 Å². The maximum absolute atomic E-state index is 4.99. The van der Waals surface area contributed by atoms with E-state index >= 15 is 0 Å². The quantitative estimate of drug-likeness (QED) is 0.296. The lowest BCUT2D eigenvalue weighted by atomic mass is 9.66. The lowest BCUT2D eigenvalue weighted by Crippen LogP contribution is -2.28. The van der Waals surface area contributed by atoms with Crippen LogP contribution in [0.15, 0.2) is 73.1 Å². The summed E-state index contributed by atoms with van der Waals surface area (Å²) in [5.74, 6) is 0. The van der Waals surface area contributed by atoms with E-state index in [4.69, 9.17) is 4.98 Å². The lowest BCUT2D eigenvalue weighted by molar-refractivity contribution is 0.499. The average Bonchev–Trinajstić information content (AvgIpc) is 2.82. The zero-order valence-electron chi connectivity index (χ0n) is 23.3. The molecule has 0 aliphatic heterocycles. The molecule has 0 aliphatic carbocycles. The maximum atomic E-state index is 4.99. The van der Waals surface area contributed by atoms with Gasteiger partial charge in [-0.1, -0.05) is 86.6 Å². The van der Waals surface area contributed by atoms with Gasteiger partial charge in [0.2, 0.25) is 0 Å². The van der Waals surface area contributed by atoms with Crippen LogP contribution in [0.5, 0.6) is 0 Å². The van der Waals surface area contributed by atoms with E-state index in [9.17, 15) is 0 Å². The molecule has 0 spiro atoms. The molecule has 0 atom stereocenters. The average molecular weight is 478 g/mol. The number of aromatic nitrogens is 3. The van der Waals surface area contributed by atoms with Crippen molar-refractivity contribution < 1.29 is 0 Å². The first kappa shape index (κ1) is 25.8. The zero-order chi connectivity index (χ0) is 26.3. The number of hydrogen-bond acceptors (Lipinski definition) is 3. The van der Waals surface area contributed by atoms with Crippen molar-refractivity contribution in [1.29, 1.82) is 0 Å². The molecule has 0 unspecified atom stereocenters. The molecular formula is C33H39N3. The van der Waals surface area contributed by atoms with Crippen LogP contribution in [0.3, 0.4) is 0 Å². The number of rotatable bonds is 3. The molecule has 0 radical (unpaired) electrons. The third-order valence-corrected chi connectivity index (χ3v) is 6.50. The molecule has 186 valence electrons. The maximum Gasteiger partial charge on any atom is 0.0900 e. The van der Waals surface area contributed by atoms with Crippen LogP contribution in [-0.2, 0) is 16.2 Å². The molecule has 36 heavy (non-hydrogen) atoms. The third kappa shape index (κ3) is 5.26. The highest BCUT2D eigenvalue weighted by molar-refractivity contribution is 5.79. The van der Waals surface area contributed by atoms with Crippen molar-refractivity contribution in [2.24, 2.45) is 0 Å². The first-order valence-corrected chi connectivity index (χ1v) is 12.8. The van der Waals surface area contributed by atoms with E-state index in [-0.39, 0.29) is 16.2 Å². The van der Waals surface area contributed by atoms with Crippen molar-refractivity contribution in [1.82, 2.24) is 15.0 Å². The molecule has 4 aromatic rings. The summed E-state index contributed by atoms with van der Waals surface area (Å²) in [6.07, 6.45) is 3.64. The van der Waals surface area contributed by atoms with Gasteiger partial charge in [0, 0.05) is 12.4 Å². The van der Waals surface area contributed by atoms with Gasteiger partial charge in [-0.15, -0.1) is 0 Å². The fourth-order valence-corrected chi connectivity index (χ4v) is 5.00. The minimum atomic E-state index is -0.0567. The summed E-state index contributed by atoms with van der Waals surface area (Å²) < 4.78 is 0. The Bertz CT molecular complexity index is 1290. The lowest BCUT2D eigenvalue weighted by Gasteiger charge is -2.38. The fraction of sp³-hybridized carbons (Fsp3) is 0.364. The standard InChI is InChI=1S/C33H39N3/c1-31(2,3)24-17-16-23(29(32(4,5)6)30(24)33(7,8)9)22-20-27(25-14-10-12-18-34-25)36-28(21-22)26-15-11-13-19-35-26/h10-21H,1-9H3. The first-order chi connectivity index (χ1) is 16.8. The minimum Gasteiger partial charge on any atom is -0.255 e. The Morgan fingerprint density at radius 2 is 1.00 bits per heavy atom. The molecule has 4 rings (SSSR count). The predicted molar refractivity (Wildman–Crippen MR) is 152 cm³/mol.